The summed E-state index contributed by atoms with van der Waals surface area (Å²) in [5, 5.41) is 0. The molecule has 2 nitrogen and oxygen atoms in total. The SMILES string of the molecule is CC1CC(=O)C(C)O1. The predicted molar refractivity (Wildman–Crippen MR) is 29.6 cm³/mol. The van der Waals surface area contributed by atoms with Gasteiger partial charge in [-0.15, -0.1) is 0 Å². The van der Waals surface area contributed by atoms with Crippen molar-refractivity contribution in [1.82, 2.24) is 0 Å². The molecule has 0 N–H and O–H groups in total. The molecule has 0 amide bonds. The van der Waals surface area contributed by atoms with Crippen molar-refractivity contribution in [2.75, 3.05) is 0 Å². The lowest BCUT2D eigenvalue weighted by atomic mass is 10.2. The van der Waals surface area contributed by atoms with Gasteiger partial charge < -0.3 is 4.74 Å². The Morgan fingerprint density at radius 1 is 1.62 bits per heavy atom. The van der Waals surface area contributed by atoms with Crippen LogP contribution < -0.4 is 0 Å². The summed E-state index contributed by atoms with van der Waals surface area (Å²) >= 11 is 0. The fourth-order valence-electron chi connectivity index (χ4n) is 0.922. The topological polar surface area (TPSA) is 26.3 Å². The van der Waals surface area contributed by atoms with Crippen LogP contribution in [-0.2, 0) is 9.53 Å². The van der Waals surface area contributed by atoms with Gasteiger partial charge in [0.25, 0.3) is 0 Å². The molecule has 1 aliphatic heterocycles. The molecule has 8 heavy (non-hydrogen) atoms. The monoisotopic (exact) mass is 114 g/mol. The molecule has 2 unspecified atom stereocenters. The lowest BCUT2D eigenvalue weighted by molar-refractivity contribution is -0.121. The molecule has 2 heteroatoms. The molecule has 0 aromatic heterocycles. The molecular weight excluding hydrogens is 104 g/mol. The van der Waals surface area contributed by atoms with E-state index in [1.807, 2.05) is 6.92 Å². The smallest absolute Gasteiger partial charge is 0.163 e. The van der Waals surface area contributed by atoms with E-state index in [-0.39, 0.29) is 18.0 Å². The summed E-state index contributed by atoms with van der Waals surface area (Å²) < 4.78 is 5.12. The quantitative estimate of drug-likeness (QED) is 0.464. The van der Waals surface area contributed by atoms with E-state index >= 15 is 0 Å². The van der Waals surface area contributed by atoms with E-state index in [1.54, 1.807) is 6.92 Å². The number of rotatable bonds is 0. The second-order valence-corrected chi connectivity index (χ2v) is 2.26. The van der Waals surface area contributed by atoms with Crippen LogP contribution in [0.25, 0.3) is 0 Å². The van der Waals surface area contributed by atoms with Crippen molar-refractivity contribution in [3.05, 3.63) is 0 Å². The Balaban J connectivity index is 2.51. The first-order valence-electron chi connectivity index (χ1n) is 2.88. The van der Waals surface area contributed by atoms with Crippen LogP contribution in [0.5, 0.6) is 0 Å². The van der Waals surface area contributed by atoms with E-state index in [0.717, 1.165) is 0 Å². The number of carbonyl (C=O) groups excluding carboxylic acids is 1. The molecule has 46 valence electrons. The van der Waals surface area contributed by atoms with Gasteiger partial charge >= 0.3 is 0 Å². The van der Waals surface area contributed by atoms with Crippen molar-refractivity contribution in [3.63, 3.8) is 0 Å². The third-order valence-corrected chi connectivity index (χ3v) is 1.38. The van der Waals surface area contributed by atoms with Crippen molar-refractivity contribution < 1.29 is 9.53 Å². The van der Waals surface area contributed by atoms with Crippen LogP contribution >= 0.6 is 0 Å². The van der Waals surface area contributed by atoms with Gasteiger partial charge in [0.15, 0.2) is 5.78 Å². The molecule has 0 radical (unpaired) electrons. The highest BCUT2D eigenvalue weighted by Crippen LogP contribution is 2.13. The van der Waals surface area contributed by atoms with Crippen LogP contribution in [-0.4, -0.2) is 18.0 Å². The van der Waals surface area contributed by atoms with Gasteiger partial charge in [0, 0.05) is 6.42 Å². The lowest BCUT2D eigenvalue weighted by Crippen LogP contribution is -2.08. The third kappa shape index (κ3) is 0.892. The second-order valence-electron chi connectivity index (χ2n) is 2.26. The van der Waals surface area contributed by atoms with Gasteiger partial charge in [-0.2, -0.15) is 0 Å². The highest BCUT2D eigenvalue weighted by Gasteiger charge is 2.25. The maximum Gasteiger partial charge on any atom is 0.163 e. The second kappa shape index (κ2) is 1.86. The predicted octanol–water partition coefficient (Wildman–Crippen LogP) is 0.753. The summed E-state index contributed by atoms with van der Waals surface area (Å²) in [7, 11) is 0. The summed E-state index contributed by atoms with van der Waals surface area (Å²) in [6, 6.07) is 0. The largest absolute Gasteiger partial charge is 0.367 e. The Kier molecular flexibility index (Phi) is 1.34. The zero-order valence-corrected chi connectivity index (χ0v) is 5.18. The summed E-state index contributed by atoms with van der Waals surface area (Å²) in [6.07, 6.45) is 0.601. The lowest BCUT2D eigenvalue weighted by Gasteiger charge is -1.99. The van der Waals surface area contributed by atoms with Crippen LogP contribution in [0.1, 0.15) is 20.3 Å². The van der Waals surface area contributed by atoms with Crippen LogP contribution in [0.3, 0.4) is 0 Å². The highest BCUT2D eigenvalue weighted by molar-refractivity contribution is 5.84. The van der Waals surface area contributed by atoms with Gasteiger partial charge in [0.05, 0.1) is 6.10 Å². The number of hydrogen-bond acceptors (Lipinski definition) is 2. The molecule has 1 fully saturated rings. The average Bonchev–Trinajstić information content (AvgIpc) is 1.85. The molecule has 1 rings (SSSR count). The van der Waals surface area contributed by atoms with Crippen LogP contribution in [0, 0.1) is 0 Å². The standard InChI is InChI=1S/C6H10O2/c1-4-3-6(7)5(2)8-4/h4-5H,3H2,1-2H3. The normalized spacial score (nSPS) is 38.5. The van der Waals surface area contributed by atoms with Gasteiger partial charge in [-0.3, -0.25) is 4.79 Å². The minimum absolute atomic E-state index is 0.148. The van der Waals surface area contributed by atoms with E-state index in [2.05, 4.69) is 0 Å². The van der Waals surface area contributed by atoms with Crippen molar-refractivity contribution in [2.24, 2.45) is 0 Å². The van der Waals surface area contributed by atoms with Crippen molar-refractivity contribution in [1.29, 1.82) is 0 Å². The Bertz CT molecular complexity index is 109. The minimum atomic E-state index is -0.148. The maximum atomic E-state index is 10.7. The molecule has 0 bridgehead atoms. The zero-order chi connectivity index (χ0) is 6.15. The Morgan fingerprint density at radius 2 is 2.25 bits per heavy atom. The molecule has 2 atom stereocenters. The molecule has 1 heterocycles. The Hall–Kier alpha value is -0.370. The van der Waals surface area contributed by atoms with Crippen molar-refractivity contribution >= 4 is 5.78 Å². The molecular formula is C6H10O2. The molecule has 1 aliphatic rings. The molecule has 0 aliphatic carbocycles. The Labute approximate surface area is 48.8 Å². The van der Waals surface area contributed by atoms with Crippen molar-refractivity contribution in [2.45, 2.75) is 32.5 Å². The molecule has 0 saturated carbocycles. The van der Waals surface area contributed by atoms with Crippen molar-refractivity contribution in [3.8, 4) is 0 Å². The van der Waals surface area contributed by atoms with Crippen LogP contribution in [0.15, 0.2) is 0 Å². The fourth-order valence-corrected chi connectivity index (χ4v) is 0.922. The fraction of sp³-hybridized carbons (Fsp3) is 0.833. The number of carbonyl (C=O) groups is 1. The van der Waals surface area contributed by atoms with Gasteiger partial charge in [-0.25, -0.2) is 0 Å². The zero-order valence-electron chi connectivity index (χ0n) is 5.18. The average molecular weight is 114 g/mol. The molecule has 1 saturated heterocycles. The highest BCUT2D eigenvalue weighted by atomic mass is 16.5. The van der Waals surface area contributed by atoms with Gasteiger partial charge in [-0.05, 0) is 13.8 Å². The number of Topliss-reactive ketones (excluding diaryl/α,β-unsaturated/α-hetero) is 1. The maximum absolute atomic E-state index is 10.7. The summed E-state index contributed by atoms with van der Waals surface area (Å²) in [5.41, 5.74) is 0. The number of ketones is 1. The number of ether oxygens (including phenoxy) is 1. The summed E-state index contributed by atoms with van der Waals surface area (Å²) in [6.45, 7) is 3.72. The minimum Gasteiger partial charge on any atom is -0.367 e. The van der Waals surface area contributed by atoms with E-state index in [1.165, 1.54) is 0 Å². The van der Waals surface area contributed by atoms with E-state index in [0.29, 0.717) is 6.42 Å². The first-order valence-corrected chi connectivity index (χ1v) is 2.88. The third-order valence-electron chi connectivity index (χ3n) is 1.38. The van der Waals surface area contributed by atoms with E-state index < -0.39 is 0 Å². The molecule has 0 spiro atoms. The van der Waals surface area contributed by atoms with Crippen LogP contribution in [0.2, 0.25) is 0 Å². The first kappa shape index (κ1) is 5.76. The molecule has 0 aromatic rings. The summed E-state index contributed by atoms with van der Waals surface area (Å²) in [4.78, 5) is 10.7. The molecule has 0 aromatic carbocycles. The van der Waals surface area contributed by atoms with Gasteiger partial charge in [0.2, 0.25) is 0 Å². The first-order chi connectivity index (χ1) is 3.70. The van der Waals surface area contributed by atoms with E-state index in [4.69, 9.17) is 4.74 Å². The number of hydrogen-bond donors (Lipinski definition) is 0. The van der Waals surface area contributed by atoms with E-state index in [9.17, 15) is 4.79 Å². The van der Waals surface area contributed by atoms with Gasteiger partial charge in [-0.1, -0.05) is 0 Å². The Morgan fingerprint density at radius 3 is 2.38 bits per heavy atom. The summed E-state index contributed by atoms with van der Waals surface area (Å²) in [5.74, 6) is 0.234. The van der Waals surface area contributed by atoms with Gasteiger partial charge in [0.1, 0.15) is 6.10 Å². The van der Waals surface area contributed by atoms with Crippen LogP contribution in [0.4, 0.5) is 0 Å².